The van der Waals surface area contributed by atoms with Crippen molar-refractivity contribution in [1.82, 2.24) is 10.2 Å². The molecular weight excluding hydrogens is 366 g/mol. The molecule has 6 nitrogen and oxygen atoms in total. The molecule has 29 heavy (non-hydrogen) atoms. The third kappa shape index (κ3) is 3.09. The van der Waals surface area contributed by atoms with Gasteiger partial charge in [-0.25, -0.2) is 0 Å². The number of hydrogen-bond acceptors (Lipinski definition) is 6. The molecule has 1 aromatic carbocycles. The van der Waals surface area contributed by atoms with Crippen LogP contribution in [0.1, 0.15) is 67.6 Å². The van der Waals surface area contributed by atoms with E-state index in [1.807, 2.05) is 12.1 Å². The van der Waals surface area contributed by atoms with Crippen LogP contribution in [0.25, 0.3) is 11.3 Å². The lowest BCUT2D eigenvalue weighted by atomic mass is 9.92. The number of benzene rings is 1. The van der Waals surface area contributed by atoms with Gasteiger partial charge in [0.2, 0.25) is 0 Å². The molecule has 3 saturated carbocycles. The van der Waals surface area contributed by atoms with Crippen LogP contribution >= 0.6 is 0 Å². The molecule has 0 radical (unpaired) electrons. The number of aliphatic hydroxyl groups excluding tert-OH is 1. The van der Waals surface area contributed by atoms with Crippen LogP contribution in [0.3, 0.4) is 0 Å². The minimum atomic E-state index is -0.342. The molecule has 0 bridgehead atoms. The highest BCUT2D eigenvalue weighted by molar-refractivity contribution is 5.73. The standard InChI is InChI=1S/C23H27N3O3/c27-19-3-1-2-18(19)24-22-17-12-29-23(8-9-23)11-16(17)21(25-26-22)15-7-6-14(10-20(15)28)13-4-5-13/h6-7,10,13,18-19,27-28H,1-5,8-9,11-12H2,(H,24,26)/t18-,19+/m1/s1. The van der Waals surface area contributed by atoms with Gasteiger partial charge in [0.25, 0.3) is 0 Å². The van der Waals surface area contributed by atoms with E-state index in [0.29, 0.717) is 12.5 Å². The van der Waals surface area contributed by atoms with Gasteiger partial charge in [0, 0.05) is 17.5 Å². The van der Waals surface area contributed by atoms with Crippen molar-refractivity contribution in [2.75, 3.05) is 5.32 Å². The summed E-state index contributed by atoms with van der Waals surface area (Å²) in [5, 5.41) is 33.4. The summed E-state index contributed by atoms with van der Waals surface area (Å²) >= 11 is 0. The molecule has 0 unspecified atom stereocenters. The third-order valence-corrected chi connectivity index (χ3v) is 7.14. The predicted molar refractivity (Wildman–Crippen MR) is 109 cm³/mol. The van der Waals surface area contributed by atoms with E-state index >= 15 is 0 Å². The van der Waals surface area contributed by atoms with Gasteiger partial charge in [-0.2, -0.15) is 0 Å². The molecule has 6 rings (SSSR count). The minimum absolute atomic E-state index is 0.0160. The first-order chi connectivity index (χ1) is 14.1. The lowest BCUT2D eigenvalue weighted by molar-refractivity contribution is 0.00828. The molecule has 0 saturated heterocycles. The Morgan fingerprint density at radius 2 is 1.93 bits per heavy atom. The highest BCUT2D eigenvalue weighted by Gasteiger charge is 2.48. The third-order valence-electron chi connectivity index (χ3n) is 7.14. The summed E-state index contributed by atoms with van der Waals surface area (Å²) in [5.41, 5.74) is 4.84. The molecule has 3 fully saturated rings. The summed E-state index contributed by atoms with van der Waals surface area (Å²) < 4.78 is 6.18. The van der Waals surface area contributed by atoms with Gasteiger partial charge in [0.05, 0.1) is 24.4 Å². The molecule has 2 atom stereocenters. The topological polar surface area (TPSA) is 87.5 Å². The summed E-state index contributed by atoms with van der Waals surface area (Å²) in [7, 11) is 0. The first kappa shape index (κ1) is 17.7. The van der Waals surface area contributed by atoms with Gasteiger partial charge in [-0.15, -0.1) is 10.2 Å². The lowest BCUT2D eigenvalue weighted by Gasteiger charge is -2.29. The van der Waals surface area contributed by atoms with Crippen molar-refractivity contribution in [1.29, 1.82) is 0 Å². The summed E-state index contributed by atoms with van der Waals surface area (Å²) in [4.78, 5) is 0. The van der Waals surface area contributed by atoms with E-state index in [-0.39, 0.29) is 23.5 Å². The number of phenols is 1. The number of aromatic nitrogens is 2. The molecule has 3 aliphatic carbocycles. The van der Waals surface area contributed by atoms with Crippen LogP contribution in [0.4, 0.5) is 5.82 Å². The summed E-state index contributed by atoms with van der Waals surface area (Å²) in [6, 6.07) is 6.03. The normalized spacial score (nSPS) is 27.1. The van der Waals surface area contributed by atoms with E-state index in [9.17, 15) is 10.2 Å². The number of phenolic OH excluding ortho intramolecular Hbond substituents is 1. The zero-order chi connectivity index (χ0) is 19.6. The molecule has 4 aliphatic rings. The average molecular weight is 393 g/mol. The van der Waals surface area contributed by atoms with Crippen LogP contribution in [0, 0.1) is 0 Å². The summed E-state index contributed by atoms with van der Waals surface area (Å²) in [6.07, 6.45) is 7.81. The molecule has 1 aromatic heterocycles. The smallest absolute Gasteiger partial charge is 0.154 e. The van der Waals surface area contributed by atoms with E-state index < -0.39 is 0 Å². The Morgan fingerprint density at radius 1 is 1.07 bits per heavy atom. The van der Waals surface area contributed by atoms with Gasteiger partial charge in [-0.3, -0.25) is 0 Å². The van der Waals surface area contributed by atoms with Crippen molar-refractivity contribution < 1.29 is 14.9 Å². The van der Waals surface area contributed by atoms with E-state index in [2.05, 4.69) is 21.6 Å². The Labute approximate surface area is 170 Å². The molecule has 0 amide bonds. The van der Waals surface area contributed by atoms with Crippen LogP contribution in [0.15, 0.2) is 18.2 Å². The van der Waals surface area contributed by atoms with E-state index in [1.54, 1.807) is 0 Å². The lowest BCUT2D eigenvalue weighted by Crippen LogP contribution is -2.31. The monoisotopic (exact) mass is 393 g/mol. The quantitative estimate of drug-likeness (QED) is 0.735. The van der Waals surface area contributed by atoms with Gasteiger partial charge in [0.1, 0.15) is 11.4 Å². The molecule has 6 heteroatoms. The zero-order valence-electron chi connectivity index (χ0n) is 16.5. The number of ether oxygens (including phenoxy) is 1. The number of aliphatic hydroxyl groups is 1. The molecule has 152 valence electrons. The summed E-state index contributed by atoms with van der Waals surface area (Å²) in [5.74, 6) is 1.61. The second-order valence-corrected chi connectivity index (χ2v) is 9.30. The number of anilines is 1. The number of nitrogens with one attached hydrogen (secondary N) is 1. The van der Waals surface area contributed by atoms with Crippen LogP contribution in [-0.2, 0) is 17.8 Å². The van der Waals surface area contributed by atoms with Crippen LogP contribution in [0.2, 0.25) is 0 Å². The minimum Gasteiger partial charge on any atom is -0.507 e. The van der Waals surface area contributed by atoms with E-state index in [1.165, 1.54) is 18.4 Å². The summed E-state index contributed by atoms with van der Waals surface area (Å²) in [6.45, 7) is 0.504. The maximum Gasteiger partial charge on any atom is 0.154 e. The largest absolute Gasteiger partial charge is 0.507 e. The van der Waals surface area contributed by atoms with Gasteiger partial charge < -0.3 is 20.3 Å². The number of nitrogens with zero attached hydrogens (tertiary/aromatic N) is 2. The van der Waals surface area contributed by atoms with Crippen molar-refractivity contribution in [2.24, 2.45) is 0 Å². The molecule has 2 aromatic rings. The van der Waals surface area contributed by atoms with Crippen molar-refractivity contribution in [3.8, 4) is 17.0 Å². The first-order valence-corrected chi connectivity index (χ1v) is 10.9. The molecular formula is C23H27N3O3. The Kier molecular flexibility index (Phi) is 3.90. The molecule has 1 spiro atoms. The fourth-order valence-electron chi connectivity index (χ4n) is 4.95. The van der Waals surface area contributed by atoms with Crippen molar-refractivity contribution in [3.05, 3.63) is 34.9 Å². The highest BCUT2D eigenvalue weighted by atomic mass is 16.5. The van der Waals surface area contributed by atoms with E-state index in [0.717, 1.165) is 66.7 Å². The van der Waals surface area contributed by atoms with Gasteiger partial charge in [0.15, 0.2) is 5.82 Å². The van der Waals surface area contributed by atoms with Gasteiger partial charge >= 0.3 is 0 Å². The Bertz CT molecular complexity index is 968. The number of hydrogen-bond donors (Lipinski definition) is 3. The average Bonchev–Trinajstić information content (AvgIpc) is 3.64. The highest BCUT2D eigenvalue weighted by Crippen LogP contribution is 2.50. The van der Waals surface area contributed by atoms with Crippen LogP contribution < -0.4 is 5.32 Å². The van der Waals surface area contributed by atoms with Crippen molar-refractivity contribution in [2.45, 2.75) is 81.6 Å². The maximum absolute atomic E-state index is 10.8. The fraction of sp³-hybridized carbons (Fsp3) is 0.565. The fourth-order valence-corrected chi connectivity index (χ4v) is 4.95. The predicted octanol–water partition coefficient (Wildman–Crippen LogP) is 3.66. The first-order valence-electron chi connectivity index (χ1n) is 10.9. The number of aromatic hydroxyl groups is 1. The Hall–Kier alpha value is -2.18. The molecule has 3 N–H and O–H groups in total. The van der Waals surface area contributed by atoms with Gasteiger partial charge in [-0.05, 0) is 74.1 Å². The van der Waals surface area contributed by atoms with Crippen LogP contribution in [-0.4, -0.2) is 38.2 Å². The van der Waals surface area contributed by atoms with Crippen molar-refractivity contribution in [3.63, 3.8) is 0 Å². The second kappa shape index (κ2) is 6.41. The maximum atomic E-state index is 10.8. The number of rotatable bonds is 4. The Morgan fingerprint density at radius 3 is 2.62 bits per heavy atom. The van der Waals surface area contributed by atoms with E-state index in [4.69, 9.17) is 4.74 Å². The van der Waals surface area contributed by atoms with Gasteiger partial charge in [-0.1, -0.05) is 6.07 Å². The Balaban J connectivity index is 1.41. The number of fused-ring (bicyclic) bond motifs is 1. The second-order valence-electron chi connectivity index (χ2n) is 9.30. The van der Waals surface area contributed by atoms with Crippen molar-refractivity contribution >= 4 is 5.82 Å². The SMILES string of the molecule is Oc1cc(C2CC2)ccc1-c1nnc(N[C@@H]2CCC[C@@H]2O)c2c1CC1(CC1)OC2. The molecule has 1 aliphatic heterocycles. The molecule has 2 heterocycles. The van der Waals surface area contributed by atoms with Crippen LogP contribution in [0.5, 0.6) is 5.75 Å². The zero-order valence-corrected chi connectivity index (χ0v) is 16.5.